The molecule has 1 saturated carbocycles. The van der Waals surface area contributed by atoms with Gasteiger partial charge >= 0.3 is 0 Å². The van der Waals surface area contributed by atoms with Gasteiger partial charge < -0.3 is 5.32 Å². The zero-order chi connectivity index (χ0) is 46.8. The Kier molecular flexibility index (Phi) is 12.2. The number of aromatic nitrogens is 5. The van der Waals surface area contributed by atoms with E-state index in [4.69, 9.17) is 11.6 Å². The van der Waals surface area contributed by atoms with Gasteiger partial charge in [0.25, 0.3) is 18.8 Å². The van der Waals surface area contributed by atoms with Crippen LogP contribution in [0.3, 0.4) is 0 Å². The smallest absolute Gasteiger partial charge is 0.294 e. The summed E-state index contributed by atoms with van der Waals surface area (Å²) in [6.07, 6.45) is -6.30. The summed E-state index contributed by atoms with van der Waals surface area (Å²) in [5, 5.41) is 9.34. The quantitative estimate of drug-likeness (QED) is 0.0835. The molecule has 0 spiro atoms. The van der Waals surface area contributed by atoms with Crippen molar-refractivity contribution in [2.45, 2.75) is 87.4 Å². The van der Waals surface area contributed by atoms with Crippen molar-refractivity contribution >= 4 is 59.7 Å². The number of alkyl halides is 6. The number of allylic oxidation sites excluding steroid dienone is 1. The Morgan fingerprint density at radius 1 is 0.984 bits per heavy atom. The van der Waals surface area contributed by atoms with Crippen LogP contribution in [-0.4, -0.2) is 70.0 Å². The molecule has 1 fully saturated rings. The topological polar surface area (TPSA) is 158 Å². The van der Waals surface area contributed by atoms with E-state index in [1.54, 1.807) is 0 Å². The van der Waals surface area contributed by atoms with Crippen molar-refractivity contribution < 1.29 is 56.8 Å². The lowest BCUT2D eigenvalue weighted by molar-refractivity contribution is -0.122. The van der Waals surface area contributed by atoms with E-state index < -0.39 is 115 Å². The van der Waals surface area contributed by atoms with E-state index in [9.17, 15) is 48.0 Å². The van der Waals surface area contributed by atoms with Gasteiger partial charge in [0.05, 0.1) is 32.9 Å². The monoisotopic (exact) mass is 957 g/mol. The van der Waals surface area contributed by atoms with Crippen molar-refractivity contribution in [1.29, 1.82) is 0 Å². The highest BCUT2D eigenvalue weighted by Gasteiger charge is 2.48. The molecular weight excluding hydrogens is 922 g/mol. The standard InChI is InChI=1S/C41H36ClF8N7O5S2/c1-20-17-41(49,50)37-32(20)35(38(47)48)53-57(37)19-31(58)52-29(15-21-13-22(43)16-23(44)14-21)34-26(8-5-24(51-34)11-12-40(2,3)63(4,59)60)27-9-10-28(42)33-36(27)56(18-30(45)46)54-39(33)55-64(61,62)25-6-7-25/h5,8-10,13-14,16,25,29-30,38H,1,6-7,15,17-19H2,2-4H3,(H,52,58)(H,54,55). The molecule has 2 aliphatic carbocycles. The number of halogens is 9. The second-order valence-electron chi connectivity index (χ2n) is 15.9. The SMILES string of the molecule is C=C1CC(F)(F)c2c1c(C(F)F)nn2CC(=O)NC(Cc1cc(F)cc(F)c1)c1nc(C#CC(C)(C)S(C)(=O)=O)ccc1-c1ccc(Cl)c2c(NS(=O)(=O)C3CC3)nn(CC(F)F)c12. The lowest BCUT2D eigenvalue weighted by Gasteiger charge is -2.23. The molecule has 0 aliphatic heterocycles. The molecule has 0 saturated heterocycles. The fourth-order valence-corrected chi connectivity index (χ4v) is 9.05. The molecule has 3 aromatic heterocycles. The van der Waals surface area contributed by atoms with Gasteiger partial charge in [-0.05, 0) is 80.5 Å². The molecule has 2 aliphatic rings. The number of nitrogens with one attached hydrogen (secondary N) is 2. The Morgan fingerprint density at radius 2 is 1.64 bits per heavy atom. The van der Waals surface area contributed by atoms with Gasteiger partial charge in [-0.25, -0.2) is 48.2 Å². The molecule has 23 heteroatoms. The van der Waals surface area contributed by atoms with Crippen LogP contribution in [0.25, 0.3) is 27.6 Å². The van der Waals surface area contributed by atoms with E-state index in [-0.39, 0.29) is 55.4 Å². The fraction of sp³-hybridized carbons (Fsp3) is 0.366. The number of carbonyl (C=O) groups excluding carboxylic acids is 1. The number of sulfone groups is 1. The van der Waals surface area contributed by atoms with Crippen LogP contribution in [0.1, 0.15) is 79.5 Å². The second-order valence-corrected chi connectivity index (χ2v) is 20.8. The van der Waals surface area contributed by atoms with Crippen LogP contribution < -0.4 is 10.0 Å². The number of hydrogen-bond donors (Lipinski definition) is 2. The van der Waals surface area contributed by atoms with Gasteiger partial charge in [-0.2, -0.15) is 19.0 Å². The number of fused-ring (bicyclic) bond motifs is 2. The third-order valence-corrected chi connectivity index (χ3v) is 14.7. The predicted octanol–water partition coefficient (Wildman–Crippen LogP) is 8.12. The number of pyridine rings is 1. The van der Waals surface area contributed by atoms with Gasteiger partial charge in [-0.15, -0.1) is 0 Å². The largest absolute Gasteiger partial charge is 0.346 e. The van der Waals surface area contributed by atoms with Crippen LogP contribution in [-0.2, 0) is 50.1 Å². The van der Waals surface area contributed by atoms with E-state index >= 15 is 8.78 Å². The molecule has 0 bridgehead atoms. The van der Waals surface area contributed by atoms with Crippen molar-refractivity contribution in [3.8, 4) is 23.0 Å². The summed E-state index contributed by atoms with van der Waals surface area (Å²) in [5.74, 6) is -2.09. The Labute approximate surface area is 366 Å². The highest BCUT2D eigenvalue weighted by molar-refractivity contribution is 7.93. The second kappa shape index (κ2) is 16.8. The summed E-state index contributed by atoms with van der Waals surface area (Å²) in [5.41, 5.74) is -3.60. The van der Waals surface area contributed by atoms with Crippen molar-refractivity contribution in [2.75, 3.05) is 11.0 Å². The zero-order valence-electron chi connectivity index (χ0n) is 33.8. The minimum absolute atomic E-state index is 0.00260. The first-order chi connectivity index (χ1) is 29.8. The molecule has 1 atom stereocenters. The molecule has 64 heavy (non-hydrogen) atoms. The van der Waals surface area contributed by atoms with E-state index in [1.165, 1.54) is 38.1 Å². The summed E-state index contributed by atoms with van der Waals surface area (Å²) in [6.45, 7) is 3.93. The van der Waals surface area contributed by atoms with Crippen LogP contribution in [0.4, 0.5) is 40.9 Å². The van der Waals surface area contributed by atoms with E-state index in [2.05, 4.69) is 43.6 Å². The third kappa shape index (κ3) is 9.33. The summed E-state index contributed by atoms with van der Waals surface area (Å²) < 4.78 is 170. The van der Waals surface area contributed by atoms with E-state index in [0.29, 0.717) is 23.6 Å². The first-order valence-corrected chi connectivity index (χ1v) is 23.0. The Balaban J connectivity index is 1.45. The Bertz CT molecular complexity index is 3010. The van der Waals surface area contributed by atoms with Gasteiger partial charge in [0, 0.05) is 35.4 Å². The van der Waals surface area contributed by atoms with Crippen LogP contribution >= 0.6 is 11.6 Å². The number of sulfonamides is 1. The van der Waals surface area contributed by atoms with Crippen molar-refractivity contribution in [1.82, 2.24) is 29.9 Å². The number of hydrogen-bond acceptors (Lipinski definition) is 8. The summed E-state index contributed by atoms with van der Waals surface area (Å²) in [7, 11) is -7.84. The number of amides is 1. The number of benzene rings is 2. The zero-order valence-corrected chi connectivity index (χ0v) is 36.2. The van der Waals surface area contributed by atoms with Gasteiger partial charge in [-0.3, -0.25) is 18.9 Å². The normalized spacial score (nSPS) is 15.7. The van der Waals surface area contributed by atoms with Gasteiger partial charge in [0.15, 0.2) is 15.7 Å². The maximum absolute atomic E-state index is 15.3. The summed E-state index contributed by atoms with van der Waals surface area (Å²) in [6, 6.07) is 6.14. The Morgan fingerprint density at radius 3 is 2.25 bits per heavy atom. The van der Waals surface area contributed by atoms with Gasteiger partial charge in [0.1, 0.15) is 46.6 Å². The molecule has 1 amide bonds. The maximum atomic E-state index is 15.3. The lowest BCUT2D eigenvalue weighted by atomic mass is 9.93. The summed E-state index contributed by atoms with van der Waals surface area (Å²) >= 11 is 6.62. The van der Waals surface area contributed by atoms with Crippen molar-refractivity contribution in [2.24, 2.45) is 0 Å². The van der Waals surface area contributed by atoms with Crippen molar-refractivity contribution in [3.63, 3.8) is 0 Å². The molecule has 12 nitrogen and oxygen atoms in total. The van der Waals surface area contributed by atoms with Crippen LogP contribution in [0.15, 0.2) is 49.0 Å². The molecule has 1 unspecified atom stereocenters. The number of nitrogens with zero attached hydrogens (tertiary/aromatic N) is 5. The van der Waals surface area contributed by atoms with Crippen LogP contribution in [0.2, 0.25) is 5.02 Å². The molecule has 7 rings (SSSR count). The molecule has 3 heterocycles. The predicted molar refractivity (Wildman–Crippen MR) is 221 cm³/mol. The Hall–Kier alpha value is -5.53. The maximum Gasteiger partial charge on any atom is 0.294 e. The molecule has 0 radical (unpaired) electrons. The highest BCUT2D eigenvalue weighted by Crippen LogP contribution is 2.50. The number of rotatable bonds is 14. The van der Waals surface area contributed by atoms with Gasteiger partial charge in [-0.1, -0.05) is 30.2 Å². The molecule has 2 aromatic carbocycles. The fourth-order valence-electron chi connectivity index (χ4n) is 7.24. The van der Waals surface area contributed by atoms with E-state index in [0.717, 1.165) is 23.1 Å². The molecular formula is C41H36ClF8N7O5S2. The third-order valence-electron chi connectivity index (χ3n) is 10.6. The van der Waals surface area contributed by atoms with Crippen LogP contribution in [0, 0.1) is 23.5 Å². The molecule has 2 N–H and O–H groups in total. The lowest BCUT2D eigenvalue weighted by Crippen LogP contribution is -2.35. The van der Waals surface area contributed by atoms with Gasteiger partial charge in [0.2, 0.25) is 15.9 Å². The highest BCUT2D eigenvalue weighted by atomic mass is 35.5. The minimum atomic E-state index is -4.05. The van der Waals surface area contributed by atoms with E-state index in [1.807, 2.05) is 0 Å². The first kappa shape index (κ1) is 46.5. The molecule has 340 valence electrons. The number of carbonyl (C=O) groups is 1. The number of anilines is 1. The average Bonchev–Trinajstić information content (AvgIpc) is 3.82. The van der Waals surface area contributed by atoms with Crippen LogP contribution in [0.5, 0.6) is 0 Å². The minimum Gasteiger partial charge on any atom is -0.346 e. The summed E-state index contributed by atoms with van der Waals surface area (Å²) in [4.78, 5) is 18.7. The van der Waals surface area contributed by atoms with Crippen molar-refractivity contribution in [3.05, 3.63) is 99.6 Å². The first-order valence-electron chi connectivity index (χ1n) is 19.2. The average molecular weight is 958 g/mol. The molecule has 5 aromatic rings.